The minimum Gasteiger partial charge on any atom is -0.368 e. The van der Waals surface area contributed by atoms with Crippen molar-refractivity contribution >= 4 is 5.69 Å². The molecule has 21 heavy (non-hydrogen) atoms. The van der Waals surface area contributed by atoms with Crippen LogP contribution in [-0.2, 0) is 6.54 Å². The lowest BCUT2D eigenvalue weighted by atomic mass is 10.1. The van der Waals surface area contributed by atoms with Crippen molar-refractivity contribution in [1.82, 2.24) is 10.3 Å². The van der Waals surface area contributed by atoms with E-state index in [-0.39, 0.29) is 0 Å². The maximum Gasteiger partial charge on any atom is 0.0447 e. The summed E-state index contributed by atoms with van der Waals surface area (Å²) in [6, 6.07) is 2.91. The van der Waals surface area contributed by atoms with E-state index in [9.17, 15) is 0 Å². The molecule has 3 heteroatoms. The van der Waals surface area contributed by atoms with E-state index < -0.39 is 0 Å². The van der Waals surface area contributed by atoms with Gasteiger partial charge in [0.2, 0.25) is 0 Å². The van der Waals surface area contributed by atoms with Gasteiger partial charge in [-0.15, -0.1) is 0 Å². The van der Waals surface area contributed by atoms with E-state index in [0.717, 1.165) is 18.8 Å². The number of aromatic nitrogens is 1. The summed E-state index contributed by atoms with van der Waals surface area (Å²) in [6.45, 7) is 12.1. The third kappa shape index (κ3) is 4.70. The Hall–Kier alpha value is -1.09. The van der Waals surface area contributed by atoms with E-state index >= 15 is 0 Å². The van der Waals surface area contributed by atoms with E-state index in [4.69, 9.17) is 0 Å². The van der Waals surface area contributed by atoms with Crippen LogP contribution in [0.25, 0.3) is 0 Å². The number of aryl methyl sites for hydroxylation is 1. The van der Waals surface area contributed by atoms with Gasteiger partial charge in [-0.2, -0.15) is 0 Å². The normalized spacial score (nSPS) is 19.9. The van der Waals surface area contributed by atoms with Gasteiger partial charge in [0.1, 0.15) is 0 Å². The molecule has 2 rings (SSSR count). The molecular formula is C18H31N3. The lowest BCUT2D eigenvalue weighted by Crippen LogP contribution is -2.34. The van der Waals surface area contributed by atoms with E-state index in [1.807, 2.05) is 0 Å². The van der Waals surface area contributed by atoms with Gasteiger partial charge in [-0.05, 0) is 45.2 Å². The molecule has 0 spiro atoms. The van der Waals surface area contributed by atoms with Crippen molar-refractivity contribution in [3.63, 3.8) is 0 Å². The first-order valence-electron chi connectivity index (χ1n) is 8.51. The Labute approximate surface area is 130 Å². The molecule has 0 amide bonds. The Morgan fingerprint density at radius 1 is 1.33 bits per heavy atom. The van der Waals surface area contributed by atoms with Crippen LogP contribution in [0.3, 0.4) is 0 Å². The summed E-state index contributed by atoms with van der Waals surface area (Å²) in [7, 11) is 0. The number of nitrogens with zero attached hydrogens (tertiary/aromatic N) is 2. The number of pyridine rings is 1. The summed E-state index contributed by atoms with van der Waals surface area (Å²) < 4.78 is 0. The Bertz CT molecular complexity index is 442. The Balaban J connectivity index is 2.17. The van der Waals surface area contributed by atoms with Crippen molar-refractivity contribution in [1.29, 1.82) is 0 Å². The summed E-state index contributed by atoms with van der Waals surface area (Å²) in [5.74, 6) is 0.684. The van der Waals surface area contributed by atoms with Crippen molar-refractivity contribution < 1.29 is 0 Å². The first-order chi connectivity index (χ1) is 10.1. The highest BCUT2D eigenvalue weighted by molar-refractivity contribution is 5.54. The first-order valence-corrected chi connectivity index (χ1v) is 8.51. The number of hydrogen-bond acceptors (Lipinski definition) is 3. The zero-order chi connectivity index (χ0) is 15.2. The molecule has 0 bridgehead atoms. The van der Waals surface area contributed by atoms with E-state index in [0.29, 0.717) is 12.0 Å². The maximum atomic E-state index is 4.51. The molecule has 1 N–H and O–H groups in total. The third-order valence-corrected chi connectivity index (χ3v) is 4.33. The second-order valence-electron chi connectivity index (χ2n) is 6.87. The molecule has 3 nitrogen and oxygen atoms in total. The van der Waals surface area contributed by atoms with Crippen molar-refractivity contribution in [3.8, 4) is 0 Å². The minimum atomic E-state index is 0.637. The highest BCUT2D eigenvalue weighted by Gasteiger charge is 2.20. The SMILES string of the molecule is Cc1cc(N2CCCCCC2C)c(CNCC(C)C)cn1. The molecule has 0 saturated carbocycles. The molecule has 1 aromatic heterocycles. The van der Waals surface area contributed by atoms with Crippen LogP contribution in [0.1, 0.15) is 57.7 Å². The molecule has 118 valence electrons. The van der Waals surface area contributed by atoms with Crippen molar-refractivity contribution in [2.75, 3.05) is 18.0 Å². The van der Waals surface area contributed by atoms with Gasteiger partial charge in [-0.1, -0.05) is 26.7 Å². The monoisotopic (exact) mass is 289 g/mol. The number of anilines is 1. The van der Waals surface area contributed by atoms with Crippen LogP contribution >= 0.6 is 0 Å². The zero-order valence-corrected chi connectivity index (χ0v) is 14.2. The van der Waals surface area contributed by atoms with Gasteiger partial charge in [-0.25, -0.2) is 0 Å². The van der Waals surface area contributed by atoms with Gasteiger partial charge in [0, 0.05) is 42.3 Å². The summed E-state index contributed by atoms with van der Waals surface area (Å²) >= 11 is 0. The van der Waals surface area contributed by atoms with E-state index in [2.05, 4.69) is 55.2 Å². The van der Waals surface area contributed by atoms with E-state index in [1.54, 1.807) is 0 Å². The van der Waals surface area contributed by atoms with Gasteiger partial charge in [0.05, 0.1) is 0 Å². The number of rotatable bonds is 5. The fourth-order valence-corrected chi connectivity index (χ4v) is 3.11. The van der Waals surface area contributed by atoms with Gasteiger partial charge >= 0.3 is 0 Å². The maximum absolute atomic E-state index is 4.51. The Morgan fingerprint density at radius 2 is 2.14 bits per heavy atom. The fraction of sp³-hybridized carbons (Fsp3) is 0.722. The van der Waals surface area contributed by atoms with Crippen molar-refractivity contribution in [2.45, 2.75) is 66.0 Å². The summed E-state index contributed by atoms with van der Waals surface area (Å²) in [4.78, 5) is 7.12. The lowest BCUT2D eigenvalue weighted by Gasteiger charge is -2.31. The van der Waals surface area contributed by atoms with Crippen molar-refractivity contribution in [3.05, 3.63) is 23.5 Å². The molecule has 0 aromatic carbocycles. The molecule has 1 atom stereocenters. The van der Waals surface area contributed by atoms with E-state index in [1.165, 1.54) is 43.5 Å². The number of nitrogens with one attached hydrogen (secondary N) is 1. The van der Waals surface area contributed by atoms with Gasteiger partial charge in [0.25, 0.3) is 0 Å². The molecule has 2 heterocycles. The highest BCUT2D eigenvalue weighted by Crippen LogP contribution is 2.27. The summed E-state index contributed by atoms with van der Waals surface area (Å²) in [6.07, 6.45) is 7.41. The van der Waals surface area contributed by atoms with Crippen LogP contribution in [-0.4, -0.2) is 24.1 Å². The molecule has 1 aliphatic rings. The molecule has 0 aliphatic carbocycles. The minimum absolute atomic E-state index is 0.637. The van der Waals surface area contributed by atoms with Gasteiger partial charge < -0.3 is 10.2 Å². The van der Waals surface area contributed by atoms with Crippen LogP contribution in [0, 0.1) is 12.8 Å². The van der Waals surface area contributed by atoms with Crippen LogP contribution in [0.5, 0.6) is 0 Å². The molecule has 1 aromatic rings. The lowest BCUT2D eigenvalue weighted by molar-refractivity contribution is 0.549. The average Bonchev–Trinajstić information content (AvgIpc) is 2.64. The third-order valence-electron chi connectivity index (χ3n) is 4.33. The second kappa shape index (κ2) is 7.79. The van der Waals surface area contributed by atoms with Crippen molar-refractivity contribution in [2.24, 2.45) is 5.92 Å². The molecule has 1 saturated heterocycles. The molecular weight excluding hydrogens is 258 g/mol. The summed E-state index contributed by atoms with van der Waals surface area (Å²) in [5, 5.41) is 3.56. The first kappa shape index (κ1) is 16.3. The summed E-state index contributed by atoms with van der Waals surface area (Å²) in [5.41, 5.74) is 3.86. The highest BCUT2D eigenvalue weighted by atomic mass is 15.2. The zero-order valence-electron chi connectivity index (χ0n) is 14.2. The van der Waals surface area contributed by atoms with Crippen LogP contribution in [0.15, 0.2) is 12.3 Å². The fourth-order valence-electron chi connectivity index (χ4n) is 3.11. The Kier molecular flexibility index (Phi) is 6.04. The Morgan fingerprint density at radius 3 is 2.90 bits per heavy atom. The second-order valence-corrected chi connectivity index (χ2v) is 6.87. The topological polar surface area (TPSA) is 28.2 Å². The molecule has 1 unspecified atom stereocenters. The standard InChI is InChI=1S/C18H31N3/c1-14(2)11-19-12-17-13-20-15(3)10-18(17)21-9-7-5-6-8-16(21)4/h10,13-14,16,19H,5-9,11-12H2,1-4H3. The predicted octanol–water partition coefficient (Wildman–Crippen LogP) is 3.90. The number of hydrogen-bond donors (Lipinski definition) is 1. The van der Waals surface area contributed by atoms with Crippen LogP contribution in [0.2, 0.25) is 0 Å². The van der Waals surface area contributed by atoms with Crippen LogP contribution in [0.4, 0.5) is 5.69 Å². The smallest absolute Gasteiger partial charge is 0.0447 e. The van der Waals surface area contributed by atoms with Gasteiger partial charge in [-0.3, -0.25) is 4.98 Å². The van der Waals surface area contributed by atoms with Gasteiger partial charge in [0.15, 0.2) is 0 Å². The molecule has 1 aliphatic heterocycles. The molecule has 1 fully saturated rings. The largest absolute Gasteiger partial charge is 0.368 e. The molecule has 0 radical (unpaired) electrons. The van der Waals surface area contributed by atoms with Crippen LogP contribution < -0.4 is 10.2 Å². The quantitative estimate of drug-likeness (QED) is 0.891. The predicted molar refractivity (Wildman–Crippen MR) is 90.8 cm³/mol. The average molecular weight is 289 g/mol.